The smallest absolute Gasteiger partial charge is 0.317 e. The van der Waals surface area contributed by atoms with Crippen molar-refractivity contribution in [2.24, 2.45) is 0 Å². The lowest BCUT2D eigenvalue weighted by molar-refractivity contribution is -0.141. The van der Waals surface area contributed by atoms with Crippen molar-refractivity contribution in [1.82, 2.24) is 59.9 Å². The number of carbonyl (C=O) groups excluding carboxylic acids is 5. The zero-order chi connectivity index (χ0) is 53.7. The predicted octanol–water partition coefficient (Wildman–Crippen LogP) is 0.391. The molecule has 0 spiro atoms. The number of likely N-dealkylation sites (tertiary alicyclic amines) is 1. The Kier molecular flexibility index (Phi) is 18.4. The predicted molar refractivity (Wildman–Crippen MR) is 274 cm³/mol. The van der Waals surface area contributed by atoms with Crippen LogP contribution in [0.3, 0.4) is 0 Å². The summed E-state index contributed by atoms with van der Waals surface area (Å²) in [6, 6.07) is 16.6. The number of amides is 4. The standard InChI is InChI=1S/C52H62N12O12/c65-44(64-14-3-5-42(64)49(73)52-57-40-4-1-2-6-43(40)76-52)30-56-50(74)37-11-12-53-39-9-7-35(28-38(37)39)36-8-10-41(55-29-36)51(75)54-13-15-58-24-26-63(27-25-58)45(66)31-59-16-18-60(32-46(67)68)20-22-62(34-48(71)72)23-21-61(19-17-59)33-47(69)70/h1-2,4,6-12,28-29,42H,3,5,13-27,30-34H2,(H,54,75)(H,56,74)(H,67,68)(H,69,70)(H,71,72)/t42-/m0/s1. The molecular formula is C52H62N12O12. The number of benzene rings is 2. The van der Waals surface area contributed by atoms with E-state index in [0.29, 0.717) is 118 Å². The number of aliphatic carboxylic acids is 3. The Balaban J connectivity index is 0.792. The largest absolute Gasteiger partial charge is 0.480 e. The molecule has 24 heteroatoms. The van der Waals surface area contributed by atoms with Crippen LogP contribution in [-0.4, -0.2) is 249 Å². The molecule has 76 heavy (non-hydrogen) atoms. The van der Waals surface area contributed by atoms with Crippen molar-refractivity contribution in [1.29, 1.82) is 0 Å². The van der Waals surface area contributed by atoms with Crippen LogP contribution >= 0.6 is 0 Å². The number of para-hydroxylation sites is 2. The molecule has 3 aromatic heterocycles. The first kappa shape index (κ1) is 54.5. The van der Waals surface area contributed by atoms with Crippen LogP contribution in [0, 0.1) is 0 Å². The third-order valence-corrected chi connectivity index (χ3v) is 13.9. The molecule has 8 rings (SSSR count). The minimum Gasteiger partial charge on any atom is -0.480 e. The van der Waals surface area contributed by atoms with Gasteiger partial charge in [0.15, 0.2) is 5.58 Å². The molecular weight excluding hydrogens is 985 g/mol. The maximum atomic E-state index is 13.6. The number of fused-ring (bicyclic) bond motifs is 2. The van der Waals surface area contributed by atoms with E-state index in [0.717, 1.165) is 5.56 Å². The topological polar surface area (TPSA) is 296 Å². The van der Waals surface area contributed by atoms with Crippen LogP contribution in [0.5, 0.6) is 0 Å². The molecule has 0 unspecified atom stereocenters. The number of oxazole rings is 1. The molecule has 1 atom stereocenters. The highest BCUT2D eigenvalue weighted by Crippen LogP contribution is 2.27. The van der Waals surface area contributed by atoms with Gasteiger partial charge in [0.25, 0.3) is 17.7 Å². The van der Waals surface area contributed by atoms with Gasteiger partial charge in [0, 0.05) is 122 Å². The second-order valence-corrected chi connectivity index (χ2v) is 19.1. The molecule has 3 aliphatic heterocycles. The third-order valence-electron chi connectivity index (χ3n) is 13.9. The van der Waals surface area contributed by atoms with Gasteiger partial charge >= 0.3 is 17.9 Å². The fraction of sp³-hybridized carbons (Fsp3) is 0.442. The SMILES string of the molecule is O=C(O)CN1CCN(CC(=O)O)CCN(CC(=O)N2CCN(CCNC(=O)c3ccc(-c4ccc5nccc(C(=O)NCC(=O)N6CCC[C@H]6C(=O)c6nc7ccccc7o6)c5c4)cn3)CC2)CCN(CC(=O)O)CC1. The minimum atomic E-state index is -1.03. The van der Waals surface area contributed by atoms with Crippen LogP contribution in [0.4, 0.5) is 0 Å². The number of carboxylic acid groups (broad SMARTS) is 3. The summed E-state index contributed by atoms with van der Waals surface area (Å²) in [5.74, 6) is -4.88. The van der Waals surface area contributed by atoms with Crippen molar-refractivity contribution in [3.8, 4) is 11.1 Å². The molecule has 6 heterocycles. The minimum absolute atomic E-state index is 0.0561. The van der Waals surface area contributed by atoms with E-state index < -0.39 is 35.8 Å². The van der Waals surface area contributed by atoms with E-state index in [1.165, 1.54) is 11.1 Å². The van der Waals surface area contributed by atoms with Crippen LogP contribution < -0.4 is 10.6 Å². The Hall–Kier alpha value is -7.77. The number of piperazine rings is 1. The van der Waals surface area contributed by atoms with Crippen LogP contribution in [0.25, 0.3) is 33.1 Å². The van der Waals surface area contributed by atoms with E-state index in [2.05, 4.69) is 30.5 Å². The number of pyridine rings is 2. The van der Waals surface area contributed by atoms with Crippen molar-refractivity contribution in [2.45, 2.75) is 18.9 Å². The van der Waals surface area contributed by atoms with Crippen molar-refractivity contribution in [3.05, 3.63) is 90.2 Å². The summed E-state index contributed by atoms with van der Waals surface area (Å²) >= 11 is 0. The molecule has 0 aliphatic carbocycles. The Morgan fingerprint density at radius 2 is 1.20 bits per heavy atom. The fourth-order valence-electron chi connectivity index (χ4n) is 9.75. The monoisotopic (exact) mass is 1050 g/mol. The lowest BCUT2D eigenvalue weighted by Gasteiger charge is -2.37. The highest BCUT2D eigenvalue weighted by molar-refractivity contribution is 6.08. The van der Waals surface area contributed by atoms with E-state index >= 15 is 0 Å². The average Bonchev–Trinajstić information content (AvgIpc) is 4.09. The molecule has 24 nitrogen and oxygen atoms in total. The van der Waals surface area contributed by atoms with E-state index in [9.17, 15) is 53.7 Å². The summed E-state index contributed by atoms with van der Waals surface area (Å²) in [6.07, 6.45) is 4.16. The molecule has 2 aromatic carbocycles. The van der Waals surface area contributed by atoms with Gasteiger partial charge < -0.3 is 40.2 Å². The number of aromatic nitrogens is 3. The Morgan fingerprint density at radius 3 is 1.80 bits per heavy atom. The van der Waals surface area contributed by atoms with Crippen LogP contribution in [0.1, 0.15) is 44.4 Å². The maximum Gasteiger partial charge on any atom is 0.317 e. The normalized spacial score (nSPS) is 18.0. The second kappa shape index (κ2) is 25.6. The van der Waals surface area contributed by atoms with Gasteiger partial charge in [-0.15, -0.1) is 0 Å². The summed E-state index contributed by atoms with van der Waals surface area (Å²) < 4.78 is 5.68. The van der Waals surface area contributed by atoms with Crippen molar-refractivity contribution in [3.63, 3.8) is 0 Å². The van der Waals surface area contributed by atoms with Gasteiger partial charge in [-0.25, -0.2) is 4.98 Å². The van der Waals surface area contributed by atoms with Crippen LogP contribution in [0.15, 0.2) is 77.5 Å². The van der Waals surface area contributed by atoms with Gasteiger partial charge in [-0.05, 0) is 54.8 Å². The van der Waals surface area contributed by atoms with E-state index in [-0.39, 0.29) is 88.1 Å². The summed E-state index contributed by atoms with van der Waals surface area (Å²) in [4.78, 5) is 128. The molecule has 3 fully saturated rings. The van der Waals surface area contributed by atoms with Gasteiger partial charge in [0.05, 0.1) is 43.8 Å². The molecule has 402 valence electrons. The quantitative estimate of drug-likeness (QED) is 0.0742. The van der Waals surface area contributed by atoms with Gasteiger partial charge in [-0.2, -0.15) is 0 Å². The third kappa shape index (κ3) is 14.5. The van der Waals surface area contributed by atoms with E-state index in [1.807, 2.05) is 11.0 Å². The molecule has 0 saturated carbocycles. The van der Waals surface area contributed by atoms with Gasteiger partial charge in [-0.1, -0.05) is 24.3 Å². The zero-order valence-corrected chi connectivity index (χ0v) is 42.0. The first-order valence-corrected chi connectivity index (χ1v) is 25.3. The Morgan fingerprint density at radius 1 is 0.592 bits per heavy atom. The van der Waals surface area contributed by atoms with Gasteiger partial charge in [0.1, 0.15) is 17.3 Å². The first-order valence-electron chi connectivity index (χ1n) is 25.3. The highest BCUT2D eigenvalue weighted by atomic mass is 16.4. The molecule has 5 aromatic rings. The lowest BCUT2D eigenvalue weighted by Crippen LogP contribution is -2.53. The summed E-state index contributed by atoms with van der Waals surface area (Å²) in [6.45, 7) is 4.75. The van der Waals surface area contributed by atoms with Crippen LogP contribution in [0.2, 0.25) is 0 Å². The lowest BCUT2D eigenvalue weighted by atomic mass is 10.0. The molecule has 3 aliphatic rings. The second-order valence-electron chi connectivity index (χ2n) is 19.1. The van der Waals surface area contributed by atoms with Gasteiger partial charge in [0.2, 0.25) is 17.6 Å². The molecule has 0 bridgehead atoms. The zero-order valence-electron chi connectivity index (χ0n) is 42.0. The number of ketones is 1. The van der Waals surface area contributed by atoms with Crippen molar-refractivity contribution >= 4 is 69.3 Å². The number of carbonyl (C=O) groups is 8. The molecule has 3 saturated heterocycles. The first-order chi connectivity index (χ1) is 36.7. The molecule has 4 amide bonds. The molecule has 5 N–H and O–H groups in total. The van der Waals surface area contributed by atoms with E-state index in [4.69, 9.17) is 4.42 Å². The fourth-order valence-corrected chi connectivity index (χ4v) is 9.75. The number of hydrogen-bond acceptors (Lipinski definition) is 17. The highest BCUT2D eigenvalue weighted by Gasteiger charge is 2.37. The number of nitrogens with one attached hydrogen (secondary N) is 2. The Bertz CT molecular complexity index is 2860. The number of nitrogens with zero attached hydrogens (tertiary/aromatic N) is 10. The summed E-state index contributed by atoms with van der Waals surface area (Å²) in [5.41, 5.74) is 3.50. The Labute approximate surface area is 437 Å². The number of hydrogen-bond donors (Lipinski definition) is 5. The summed E-state index contributed by atoms with van der Waals surface area (Å²) in [7, 11) is 0. The number of carboxylic acids is 3. The van der Waals surface area contributed by atoms with E-state index in [1.54, 1.807) is 80.4 Å². The van der Waals surface area contributed by atoms with Crippen molar-refractivity contribution < 1.29 is 58.1 Å². The van der Waals surface area contributed by atoms with Crippen molar-refractivity contribution in [2.75, 3.05) is 131 Å². The molecule has 0 radical (unpaired) electrons. The summed E-state index contributed by atoms with van der Waals surface area (Å²) in [5, 5.41) is 34.7. The van der Waals surface area contributed by atoms with Crippen LogP contribution in [-0.2, 0) is 24.0 Å². The number of Topliss-reactive ketones (excluding diaryl/α,β-unsaturated/α-hetero) is 1. The number of rotatable bonds is 18. The maximum absolute atomic E-state index is 13.6. The van der Waals surface area contributed by atoms with Gasteiger partial charge in [-0.3, -0.25) is 72.8 Å². The average molecular weight is 1050 g/mol.